The van der Waals surface area contributed by atoms with Crippen molar-refractivity contribution in [3.63, 3.8) is 0 Å². The lowest BCUT2D eigenvalue weighted by molar-refractivity contribution is -0.138. The summed E-state index contributed by atoms with van der Waals surface area (Å²) in [7, 11) is -0.865. The van der Waals surface area contributed by atoms with E-state index in [1.807, 2.05) is 26.0 Å². The molecule has 0 aliphatic carbocycles. The number of rotatable bonds is 5. The Hall–Kier alpha value is -1.16. The zero-order chi connectivity index (χ0) is 13.0. The van der Waals surface area contributed by atoms with Gasteiger partial charge in [-0.1, -0.05) is 38.1 Å². The highest BCUT2D eigenvalue weighted by Gasteiger charge is 2.13. The van der Waals surface area contributed by atoms with E-state index in [2.05, 4.69) is 0 Å². The highest BCUT2D eigenvalue weighted by molar-refractivity contribution is 7.84. The number of hydrogen-bond acceptors (Lipinski definition) is 2. The summed E-state index contributed by atoms with van der Waals surface area (Å²) in [5.74, 6) is -0.803. The fraction of sp³-hybridized carbons (Fsp3) is 0.462. The van der Waals surface area contributed by atoms with Crippen molar-refractivity contribution in [3.05, 3.63) is 35.4 Å². The third kappa shape index (κ3) is 3.97. The average Bonchev–Trinajstić information content (AvgIpc) is 2.28. The lowest BCUT2D eigenvalue weighted by Gasteiger charge is -2.09. The van der Waals surface area contributed by atoms with Crippen LogP contribution >= 0.6 is 0 Å². The summed E-state index contributed by atoms with van der Waals surface area (Å²) in [4.78, 5) is 10.8. The summed E-state index contributed by atoms with van der Waals surface area (Å²) in [6.07, 6.45) is 0. The van der Waals surface area contributed by atoms with Crippen LogP contribution in [0, 0.1) is 0 Å². The highest BCUT2D eigenvalue weighted by atomic mass is 32.2. The van der Waals surface area contributed by atoms with E-state index in [1.165, 1.54) is 0 Å². The first-order valence-corrected chi connectivity index (χ1v) is 6.99. The Bertz CT molecular complexity index is 409. The second kappa shape index (κ2) is 5.96. The van der Waals surface area contributed by atoms with Crippen LogP contribution in [-0.4, -0.2) is 20.5 Å². The highest BCUT2D eigenvalue weighted by Crippen LogP contribution is 2.17. The molecule has 0 heterocycles. The number of carbonyl (C=O) groups is 1. The Morgan fingerprint density at radius 3 is 2.18 bits per heavy atom. The number of carboxylic acid groups (broad SMARTS) is 1. The van der Waals surface area contributed by atoms with Gasteiger partial charge in [0.05, 0.1) is 5.92 Å². The Labute approximate surface area is 104 Å². The number of benzene rings is 1. The second-order valence-corrected chi connectivity index (χ2v) is 6.37. The van der Waals surface area contributed by atoms with Crippen molar-refractivity contribution in [1.82, 2.24) is 0 Å². The monoisotopic (exact) mass is 254 g/mol. The summed E-state index contributed by atoms with van der Waals surface area (Å²) in [5.41, 5.74) is 1.76. The standard InChI is InChI=1S/C13H18O3S/c1-9(2)17(16)8-11-4-6-12(7-5-11)10(3)13(14)15/h4-7,9-10H,8H2,1-3H3,(H,14,15). The van der Waals surface area contributed by atoms with Crippen LogP contribution in [0.15, 0.2) is 24.3 Å². The van der Waals surface area contributed by atoms with Gasteiger partial charge < -0.3 is 5.11 Å². The Kier molecular flexibility index (Phi) is 4.87. The number of hydrogen-bond donors (Lipinski definition) is 1. The van der Waals surface area contributed by atoms with E-state index in [0.717, 1.165) is 11.1 Å². The number of carboxylic acids is 1. The van der Waals surface area contributed by atoms with E-state index in [9.17, 15) is 9.00 Å². The minimum absolute atomic E-state index is 0.146. The largest absolute Gasteiger partial charge is 0.481 e. The molecule has 0 aliphatic rings. The maximum absolute atomic E-state index is 11.7. The van der Waals surface area contributed by atoms with Crippen molar-refractivity contribution >= 4 is 16.8 Å². The van der Waals surface area contributed by atoms with Gasteiger partial charge in [-0.15, -0.1) is 0 Å². The molecule has 0 saturated heterocycles. The summed E-state index contributed by atoms with van der Waals surface area (Å²) in [5, 5.41) is 9.02. The van der Waals surface area contributed by atoms with Crippen molar-refractivity contribution in [2.75, 3.05) is 0 Å². The van der Waals surface area contributed by atoms with Crippen molar-refractivity contribution in [1.29, 1.82) is 0 Å². The molecule has 1 aromatic carbocycles. The van der Waals surface area contributed by atoms with Gasteiger partial charge in [-0.25, -0.2) is 0 Å². The fourth-order valence-corrected chi connectivity index (χ4v) is 2.23. The molecule has 0 amide bonds. The molecule has 3 nitrogen and oxygen atoms in total. The van der Waals surface area contributed by atoms with E-state index < -0.39 is 22.7 Å². The third-order valence-electron chi connectivity index (χ3n) is 2.68. The molecule has 2 atom stereocenters. The second-order valence-electron chi connectivity index (χ2n) is 4.38. The summed E-state index contributed by atoms with van der Waals surface area (Å²) in [6, 6.07) is 7.31. The molecule has 17 heavy (non-hydrogen) atoms. The molecule has 0 saturated carbocycles. The molecule has 0 aliphatic heterocycles. The molecular formula is C13H18O3S. The SMILES string of the molecule is CC(C(=O)O)c1ccc(CS(=O)C(C)C)cc1. The molecule has 1 N–H and O–H groups in total. The molecule has 94 valence electrons. The van der Waals surface area contributed by atoms with E-state index in [-0.39, 0.29) is 5.25 Å². The van der Waals surface area contributed by atoms with Gasteiger partial charge in [0.1, 0.15) is 0 Å². The average molecular weight is 254 g/mol. The predicted molar refractivity (Wildman–Crippen MR) is 69.5 cm³/mol. The van der Waals surface area contributed by atoms with Crippen molar-refractivity contribution in [2.45, 2.75) is 37.7 Å². The molecule has 1 aromatic rings. The lowest BCUT2D eigenvalue weighted by Crippen LogP contribution is -2.09. The van der Waals surface area contributed by atoms with Crippen LogP contribution in [0.3, 0.4) is 0 Å². The van der Waals surface area contributed by atoms with Gasteiger partial charge in [-0.3, -0.25) is 9.00 Å². The first-order chi connectivity index (χ1) is 7.91. The van der Waals surface area contributed by atoms with E-state index in [0.29, 0.717) is 5.75 Å². The lowest BCUT2D eigenvalue weighted by atomic mass is 10.0. The van der Waals surface area contributed by atoms with Gasteiger partial charge >= 0.3 is 5.97 Å². The minimum atomic E-state index is -0.865. The zero-order valence-electron chi connectivity index (χ0n) is 10.3. The van der Waals surface area contributed by atoms with Gasteiger partial charge in [0.2, 0.25) is 0 Å². The summed E-state index contributed by atoms with van der Waals surface area (Å²) in [6.45, 7) is 5.51. The van der Waals surface area contributed by atoms with Crippen LogP contribution in [0.25, 0.3) is 0 Å². The normalized spacial score (nSPS) is 14.6. The molecule has 2 unspecified atom stereocenters. The van der Waals surface area contributed by atoms with E-state index in [1.54, 1.807) is 19.1 Å². The summed E-state index contributed by atoms with van der Waals surface area (Å²) >= 11 is 0. The van der Waals surface area contributed by atoms with E-state index >= 15 is 0 Å². The first kappa shape index (κ1) is 13.9. The molecule has 0 bridgehead atoms. The number of aliphatic carboxylic acids is 1. The van der Waals surface area contributed by atoms with Gasteiger partial charge in [0.25, 0.3) is 0 Å². The van der Waals surface area contributed by atoms with Crippen LogP contribution < -0.4 is 0 Å². The predicted octanol–water partition coefficient (Wildman–Crippen LogP) is 2.53. The van der Waals surface area contributed by atoms with Crippen molar-refractivity contribution in [2.24, 2.45) is 0 Å². The molecule has 4 heteroatoms. The Balaban J connectivity index is 2.75. The van der Waals surface area contributed by atoms with Crippen molar-refractivity contribution in [3.8, 4) is 0 Å². The summed E-state index contributed by atoms with van der Waals surface area (Å²) < 4.78 is 11.7. The van der Waals surface area contributed by atoms with Gasteiger partial charge in [0, 0.05) is 21.8 Å². The topological polar surface area (TPSA) is 54.4 Å². The third-order valence-corrected chi connectivity index (χ3v) is 4.35. The first-order valence-electron chi connectivity index (χ1n) is 5.60. The van der Waals surface area contributed by atoms with Gasteiger partial charge in [-0.2, -0.15) is 0 Å². The quantitative estimate of drug-likeness (QED) is 0.878. The van der Waals surface area contributed by atoms with Crippen molar-refractivity contribution < 1.29 is 14.1 Å². The Morgan fingerprint density at radius 1 is 1.24 bits per heavy atom. The molecule has 0 spiro atoms. The van der Waals surface area contributed by atoms with Crippen LogP contribution in [0.1, 0.15) is 37.8 Å². The zero-order valence-corrected chi connectivity index (χ0v) is 11.2. The molecular weight excluding hydrogens is 236 g/mol. The van der Waals surface area contributed by atoms with Crippen LogP contribution in [0.4, 0.5) is 0 Å². The molecule has 1 rings (SSSR count). The maximum atomic E-state index is 11.7. The minimum Gasteiger partial charge on any atom is -0.481 e. The molecule has 0 aromatic heterocycles. The molecule has 0 fully saturated rings. The smallest absolute Gasteiger partial charge is 0.310 e. The molecule has 0 radical (unpaired) electrons. The van der Waals surface area contributed by atoms with Crippen LogP contribution in [0.5, 0.6) is 0 Å². The fourth-order valence-electron chi connectivity index (χ4n) is 1.38. The van der Waals surface area contributed by atoms with Crippen LogP contribution in [-0.2, 0) is 21.3 Å². The maximum Gasteiger partial charge on any atom is 0.310 e. The Morgan fingerprint density at radius 2 is 1.76 bits per heavy atom. The van der Waals surface area contributed by atoms with Gasteiger partial charge in [0.15, 0.2) is 0 Å². The van der Waals surface area contributed by atoms with E-state index in [4.69, 9.17) is 5.11 Å². The van der Waals surface area contributed by atoms with Gasteiger partial charge in [-0.05, 0) is 18.1 Å². The van der Waals surface area contributed by atoms with Crippen LogP contribution in [0.2, 0.25) is 0 Å².